The quantitative estimate of drug-likeness (QED) is 0.795. The standard InChI is InChI=1S/C13H14N4O/c1-9-4-5-11(12(14)7-9)13(18)15-8-10-3-2-6-16-17-10/h2-7H,8,14H2,1H3,(H,15,18). The van der Waals surface area contributed by atoms with Crippen molar-refractivity contribution in [3.8, 4) is 0 Å². The lowest BCUT2D eigenvalue weighted by Gasteiger charge is -2.07. The average Bonchev–Trinajstić information content (AvgIpc) is 2.37. The summed E-state index contributed by atoms with van der Waals surface area (Å²) >= 11 is 0. The largest absolute Gasteiger partial charge is 0.398 e. The maximum absolute atomic E-state index is 11.9. The Labute approximate surface area is 105 Å². The summed E-state index contributed by atoms with van der Waals surface area (Å²) in [4.78, 5) is 11.9. The van der Waals surface area contributed by atoms with Crippen LogP contribution in [0, 0.1) is 6.92 Å². The fourth-order valence-corrected chi connectivity index (χ4v) is 1.58. The second-order valence-corrected chi connectivity index (χ2v) is 3.99. The first-order valence-corrected chi connectivity index (χ1v) is 5.58. The molecular weight excluding hydrogens is 228 g/mol. The summed E-state index contributed by atoms with van der Waals surface area (Å²) in [6.07, 6.45) is 1.59. The van der Waals surface area contributed by atoms with E-state index in [-0.39, 0.29) is 5.91 Å². The van der Waals surface area contributed by atoms with Crippen LogP contribution < -0.4 is 11.1 Å². The molecule has 0 aliphatic rings. The molecule has 2 rings (SSSR count). The van der Waals surface area contributed by atoms with Gasteiger partial charge in [0.05, 0.1) is 17.8 Å². The van der Waals surface area contributed by atoms with Crippen LogP contribution in [0.2, 0.25) is 0 Å². The van der Waals surface area contributed by atoms with Gasteiger partial charge < -0.3 is 11.1 Å². The van der Waals surface area contributed by atoms with Gasteiger partial charge >= 0.3 is 0 Å². The van der Waals surface area contributed by atoms with Crippen molar-refractivity contribution in [2.45, 2.75) is 13.5 Å². The molecule has 0 radical (unpaired) electrons. The maximum atomic E-state index is 11.9. The molecule has 0 aliphatic heterocycles. The van der Waals surface area contributed by atoms with Crippen molar-refractivity contribution in [3.63, 3.8) is 0 Å². The van der Waals surface area contributed by atoms with Crippen LogP contribution in [0.5, 0.6) is 0 Å². The molecule has 2 aromatic rings. The van der Waals surface area contributed by atoms with E-state index in [4.69, 9.17) is 5.73 Å². The Balaban J connectivity index is 2.04. The van der Waals surface area contributed by atoms with Gasteiger partial charge in [-0.3, -0.25) is 4.79 Å². The number of carbonyl (C=O) groups is 1. The number of aryl methyl sites for hydroxylation is 1. The number of benzene rings is 1. The number of hydrogen-bond acceptors (Lipinski definition) is 4. The third kappa shape index (κ3) is 2.82. The van der Waals surface area contributed by atoms with Gasteiger partial charge in [0.1, 0.15) is 0 Å². The summed E-state index contributed by atoms with van der Waals surface area (Å²) in [5.41, 5.74) is 8.49. The van der Waals surface area contributed by atoms with Crippen LogP contribution in [0.1, 0.15) is 21.6 Å². The second kappa shape index (κ2) is 5.27. The van der Waals surface area contributed by atoms with Crippen molar-refractivity contribution < 1.29 is 4.79 Å². The number of hydrogen-bond donors (Lipinski definition) is 2. The number of nitrogens with one attached hydrogen (secondary N) is 1. The SMILES string of the molecule is Cc1ccc(C(=O)NCc2cccnn2)c(N)c1. The molecule has 5 nitrogen and oxygen atoms in total. The molecule has 1 aromatic carbocycles. The smallest absolute Gasteiger partial charge is 0.253 e. The van der Waals surface area contributed by atoms with E-state index in [1.165, 1.54) is 0 Å². The van der Waals surface area contributed by atoms with Crippen LogP contribution in [0.15, 0.2) is 36.5 Å². The Bertz CT molecular complexity index is 554. The van der Waals surface area contributed by atoms with Crippen molar-refractivity contribution in [3.05, 3.63) is 53.3 Å². The minimum atomic E-state index is -0.210. The molecule has 0 aliphatic carbocycles. The van der Waals surface area contributed by atoms with Gasteiger partial charge in [0.25, 0.3) is 5.91 Å². The van der Waals surface area contributed by atoms with E-state index in [0.29, 0.717) is 23.5 Å². The predicted molar refractivity (Wildman–Crippen MR) is 68.8 cm³/mol. The van der Waals surface area contributed by atoms with Crippen LogP contribution in [-0.2, 0) is 6.54 Å². The zero-order valence-corrected chi connectivity index (χ0v) is 10.1. The van der Waals surface area contributed by atoms with Gasteiger partial charge in [0.2, 0.25) is 0 Å². The topological polar surface area (TPSA) is 80.9 Å². The molecule has 0 spiro atoms. The molecule has 5 heteroatoms. The maximum Gasteiger partial charge on any atom is 0.253 e. The van der Waals surface area contributed by atoms with Gasteiger partial charge in [-0.1, -0.05) is 6.07 Å². The number of nitrogen functional groups attached to an aromatic ring is 1. The van der Waals surface area contributed by atoms with Gasteiger partial charge in [-0.05, 0) is 36.8 Å². The van der Waals surface area contributed by atoms with E-state index in [0.717, 1.165) is 5.56 Å². The third-order valence-corrected chi connectivity index (χ3v) is 2.51. The Kier molecular flexibility index (Phi) is 3.52. The van der Waals surface area contributed by atoms with E-state index in [1.54, 1.807) is 30.5 Å². The second-order valence-electron chi connectivity index (χ2n) is 3.99. The zero-order chi connectivity index (χ0) is 13.0. The molecule has 0 unspecified atom stereocenters. The summed E-state index contributed by atoms with van der Waals surface area (Å²) in [5.74, 6) is -0.210. The van der Waals surface area contributed by atoms with Crippen LogP contribution in [0.4, 0.5) is 5.69 Å². The molecule has 18 heavy (non-hydrogen) atoms. The number of aromatic nitrogens is 2. The Morgan fingerprint density at radius 3 is 2.89 bits per heavy atom. The first kappa shape index (κ1) is 12.0. The summed E-state index contributed by atoms with van der Waals surface area (Å²) in [5, 5.41) is 10.4. The summed E-state index contributed by atoms with van der Waals surface area (Å²) < 4.78 is 0. The van der Waals surface area contributed by atoms with E-state index in [1.807, 2.05) is 13.0 Å². The van der Waals surface area contributed by atoms with Crippen molar-refractivity contribution in [1.29, 1.82) is 0 Å². The lowest BCUT2D eigenvalue weighted by Crippen LogP contribution is -2.24. The Hall–Kier alpha value is -2.43. The molecule has 0 fully saturated rings. The van der Waals surface area contributed by atoms with Crippen molar-refractivity contribution >= 4 is 11.6 Å². The van der Waals surface area contributed by atoms with Gasteiger partial charge in [-0.25, -0.2) is 0 Å². The minimum absolute atomic E-state index is 0.210. The van der Waals surface area contributed by atoms with Crippen LogP contribution >= 0.6 is 0 Å². The number of nitrogens with zero attached hydrogens (tertiary/aromatic N) is 2. The lowest BCUT2D eigenvalue weighted by atomic mass is 10.1. The first-order chi connectivity index (χ1) is 8.66. The van der Waals surface area contributed by atoms with Crippen LogP contribution in [0.3, 0.4) is 0 Å². The number of anilines is 1. The minimum Gasteiger partial charge on any atom is -0.398 e. The van der Waals surface area contributed by atoms with Gasteiger partial charge in [0, 0.05) is 11.9 Å². The highest BCUT2D eigenvalue weighted by molar-refractivity contribution is 5.99. The van der Waals surface area contributed by atoms with Gasteiger partial charge in [0.15, 0.2) is 0 Å². The molecule has 1 heterocycles. The predicted octanol–water partition coefficient (Wildman–Crippen LogP) is 1.30. The first-order valence-electron chi connectivity index (χ1n) is 5.58. The normalized spacial score (nSPS) is 10.1. The molecule has 0 atom stereocenters. The van der Waals surface area contributed by atoms with Crippen LogP contribution in [0.25, 0.3) is 0 Å². The zero-order valence-electron chi connectivity index (χ0n) is 10.1. The van der Waals surface area contributed by atoms with E-state index in [2.05, 4.69) is 15.5 Å². The summed E-state index contributed by atoms with van der Waals surface area (Å²) in [7, 11) is 0. The summed E-state index contributed by atoms with van der Waals surface area (Å²) in [6.45, 7) is 2.26. The van der Waals surface area contributed by atoms with E-state index < -0.39 is 0 Å². The highest BCUT2D eigenvalue weighted by atomic mass is 16.1. The summed E-state index contributed by atoms with van der Waals surface area (Å²) in [6, 6.07) is 8.92. The molecule has 92 valence electrons. The fraction of sp³-hybridized carbons (Fsp3) is 0.154. The Morgan fingerprint density at radius 2 is 2.22 bits per heavy atom. The monoisotopic (exact) mass is 242 g/mol. The lowest BCUT2D eigenvalue weighted by molar-refractivity contribution is 0.0951. The van der Waals surface area contributed by atoms with Crippen molar-refractivity contribution in [2.75, 3.05) is 5.73 Å². The fourth-order valence-electron chi connectivity index (χ4n) is 1.58. The highest BCUT2D eigenvalue weighted by Gasteiger charge is 2.09. The molecule has 1 aromatic heterocycles. The molecule has 0 bridgehead atoms. The number of carbonyl (C=O) groups excluding carboxylic acids is 1. The van der Waals surface area contributed by atoms with Gasteiger partial charge in [-0.2, -0.15) is 10.2 Å². The van der Waals surface area contributed by atoms with Crippen molar-refractivity contribution in [2.24, 2.45) is 0 Å². The van der Waals surface area contributed by atoms with E-state index in [9.17, 15) is 4.79 Å². The number of amides is 1. The third-order valence-electron chi connectivity index (χ3n) is 2.51. The van der Waals surface area contributed by atoms with Crippen molar-refractivity contribution in [1.82, 2.24) is 15.5 Å². The molecule has 1 amide bonds. The average molecular weight is 242 g/mol. The van der Waals surface area contributed by atoms with Gasteiger partial charge in [-0.15, -0.1) is 0 Å². The molecule has 3 N–H and O–H groups in total. The number of nitrogens with two attached hydrogens (primary N) is 1. The molecular formula is C13H14N4O. The number of rotatable bonds is 3. The Morgan fingerprint density at radius 1 is 1.39 bits per heavy atom. The van der Waals surface area contributed by atoms with Crippen LogP contribution in [-0.4, -0.2) is 16.1 Å². The van der Waals surface area contributed by atoms with E-state index >= 15 is 0 Å². The molecule has 0 saturated heterocycles. The molecule has 0 saturated carbocycles. The highest BCUT2D eigenvalue weighted by Crippen LogP contribution is 2.13.